The number of hydrogen-bond acceptors (Lipinski definition) is 4. The minimum atomic E-state index is -0.464. The molecule has 6 nitrogen and oxygen atoms in total. The van der Waals surface area contributed by atoms with E-state index < -0.39 is 5.60 Å². The Morgan fingerprint density at radius 1 is 1.32 bits per heavy atom. The molecular weight excluding hydrogens is 316 g/mol. The lowest BCUT2D eigenvalue weighted by molar-refractivity contribution is 0.0505. The molecule has 1 saturated heterocycles. The first-order valence-corrected chi connectivity index (χ1v) is 8.85. The van der Waals surface area contributed by atoms with Crippen LogP contribution in [0.25, 0.3) is 11.0 Å². The third-order valence-corrected chi connectivity index (χ3v) is 4.58. The van der Waals surface area contributed by atoms with Crippen molar-refractivity contribution < 1.29 is 9.53 Å². The first-order valence-electron chi connectivity index (χ1n) is 8.85. The fraction of sp³-hybridized carbons (Fsp3) is 0.579. The molecule has 1 amide bonds. The molecule has 3 rings (SSSR count). The van der Waals surface area contributed by atoms with Gasteiger partial charge in [0.1, 0.15) is 5.60 Å². The maximum absolute atomic E-state index is 11.9. The molecule has 1 aromatic carbocycles. The number of amides is 1. The zero-order valence-electron chi connectivity index (χ0n) is 15.8. The highest BCUT2D eigenvalue weighted by molar-refractivity contribution is 5.77. The minimum absolute atomic E-state index is 0.133. The van der Waals surface area contributed by atoms with Crippen LogP contribution in [0.2, 0.25) is 0 Å². The lowest BCUT2D eigenvalue weighted by Crippen LogP contribution is -2.40. The van der Waals surface area contributed by atoms with Gasteiger partial charge in [-0.2, -0.15) is 0 Å². The summed E-state index contributed by atoms with van der Waals surface area (Å²) in [5.41, 5.74) is 4.27. The summed E-state index contributed by atoms with van der Waals surface area (Å²) in [5, 5.41) is 2.97. The second-order valence-electron chi connectivity index (χ2n) is 7.99. The van der Waals surface area contributed by atoms with Crippen molar-refractivity contribution >= 4 is 17.1 Å². The Labute approximate surface area is 149 Å². The number of fused-ring (bicyclic) bond motifs is 1. The number of nitrogens with one attached hydrogen (secondary N) is 1. The molecule has 0 aliphatic carbocycles. The van der Waals surface area contributed by atoms with Gasteiger partial charge >= 0.3 is 6.09 Å². The van der Waals surface area contributed by atoms with E-state index in [0.29, 0.717) is 0 Å². The normalized spacial score (nSPS) is 18.7. The van der Waals surface area contributed by atoms with Gasteiger partial charge in [-0.05, 0) is 64.3 Å². The fourth-order valence-corrected chi connectivity index (χ4v) is 3.19. The highest BCUT2D eigenvalue weighted by Gasteiger charge is 2.26. The first kappa shape index (κ1) is 17.7. The summed E-state index contributed by atoms with van der Waals surface area (Å²) in [4.78, 5) is 18.8. The maximum atomic E-state index is 11.9. The zero-order chi connectivity index (χ0) is 18.2. The molecule has 1 atom stereocenters. The summed E-state index contributed by atoms with van der Waals surface area (Å²) in [7, 11) is 0. The van der Waals surface area contributed by atoms with Gasteiger partial charge in [0.25, 0.3) is 0 Å². The molecule has 25 heavy (non-hydrogen) atoms. The Morgan fingerprint density at radius 3 is 2.76 bits per heavy atom. The largest absolute Gasteiger partial charge is 0.444 e. The molecule has 0 unspecified atom stereocenters. The van der Waals surface area contributed by atoms with Gasteiger partial charge in [0.2, 0.25) is 0 Å². The van der Waals surface area contributed by atoms with Gasteiger partial charge in [0, 0.05) is 19.1 Å². The molecule has 1 fully saturated rings. The van der Waals surface area contributed by atoms with Crippen molar-refractivity contribution in [1.82, 2.24) is 19.8 Å². The van der Waals surface area contributed by atoms with Crippen LogP contribution in [-0.2, 0) is 11.4 Å². The Morgan fingerprint density at radius 2 is 2.04 bits per heavy atom. The SMILES string of the molecule is Cc1cc2ncn(CN3CC[C@@H](NC(=O)OC(C)(C)C)C3)c2cc1C. The Hall–Kier alpha value is -2.08. The Balaban J connectivity index is 1.60. The van der Waals surface area contributed by atoms with Gasteiger partial charge in [-0.1, -0.05) is 0 Å². The molecular formula is C19H28N4O2. The second kappa shape index (κ2) is 6.67. The molecule has 1 aliphatic heterocycles. The van der Waals surface area contributed by atoms with Crippen molar-refractivity contribution in [2.24, 2.45) is 0 Å². The van der Waals surface area contributed by atoms with Crippen LogP contribution in [0.1, 0.15) is 38.3 Å². The predicted octanol–water partition coefficient (Wildman–Crippen LogP) is 3.21. The van der Waals surface area contributed by atoms with E-state index in [1.165, 1.54) is 11.1 Å². The molecule has 0 radical (unpaired) electrons. The highest BCUT2D eigenvalue weighted by Crippen LogP contribution is 2.20. The average Bonchev–Trinajstić information content (AvgIpc) is 3.06. The van der Waals surface area contributed by atoms with E-state index in [-0.39, 0.29) is 12.1 Å². The van der Waals surface area contributed by atoms with E-state index in [0.717, 1.165) is 37.2 Å². The number of rotatable bonds is 3. The van der Waals surface area contributed by atoms with Crippen molar-refractivity contribution in [3.05, 3.63) is 29.6 Å². The van der Waals surface area contributed by atoms with Crippen molar-refractivity contribution in [3.8, 4) is 0 Å². The molecule has 6 heteroatoms. The topological polar surface area (TPSA) is 59.4 Å². The number of imidazole rings is 1. The van der Waals surface area contributed by atoms with Gasteiger partial charge in [0.15, 0.2) is 0 Å². The van der Waals surface area contributed by atoms with Crippen LogP contribution in [0, 0.1) is 13.8 Å². The van der Waals surface area contributed by atoms with Gasteiger partial charge in [-0.15, -0.1) is 0 Å². The van der Waals surface area contributed by atoms with Crippen molar-refractivity contribution in [2.45, 2.75) is 59.4 Å². The second-order valence-corrected chi connectivity index (χ2v) is 7.99. The van der Waals surface area contributed by atoms with Crippen LogP contribution < -0.4 is 5.32 Å². The molecule has 1 aromatic heterocycles. The Bertz CT molecular complexity index is 776. The smallest absolute Gasteiger partial charge is 0.407 e. The molecule has 0 spiro atoms. The van der Waals surface area contributed by atoms with Gasteiger partial charge in [0.05, 0.1) is 24.0 Å². The zero-order valence-corrected chi connectivity index (χ0v) is 15.8. The van der Waals surface area contributed by atoms with Crippen LogP contribution in [-0.4, -0.2) is 45.3 Å². The highest BCUT2D eigenvalue weighted by atomic mass is 16.6. The predicted molar refractivity (Wildman–Crippen MR) is 98.6 cm³/mol. The molecule has 2 aromatic rings. The number of carbonyl (C=O) groups is 1. The van der Waals surface area contributed by atoms with Crippen molar-refractivity contribution in [1.29, 1.82) is 0 Å². The molecule has 1 N–H and O–H groups in total. The first-order chi connectivity index (χ1) is 11.7. The minimum Gasteiger partial charge on any atom is -0.444 e. The summed E-state index contributed by atoms with van der Waals surface area (Å²) in [6.07, 6.45) is 2.50. The monoisotopic (exact) mass is 344 g/mol. The summed E-state index contributed by atoms with van der Waals surface area (Å²) >= 11 is 0. The fourth-order valence-electron chi connectivity index (χ4n) is 3.19. The van der Waals surface area contributed by atoms with Gasteiger partial charge in [-0.25, -0.2) is 9.78 Å². The molecule has 1 aliphatic rings. The quantitative estimate of drug-likeness (QED) is 0.929. The summed E-state index contributed by atoms with van der Waals surface area (Å²) < 4.78 is 7.52. The van der Waals surface area contributed by atoms with E-state index in [1.54, 1.807) is 0 Å². The maximum Gasteiger partial charge on any atom is 0.407 e. The van der Waals surface area contributed by atoms with E-state index in [1.807, 2.05) is 27.1 Å². The van der Waals surface area contributed by atoms with E-state index in [4.69, 9.17) is 4.74 Å². The Kier molecular flexibility index (Phi) is 4.73. The number of aromatic nitrogens is 2. The summed E-state index contributed by atoms with van der Waals surface area (Å²) in [6.45, 7) is 12.4. The van der Waals surface area contributed by atoms with Crippen LogP contribution in [0.5, 0.6) is 0 Å². The van der Waals surface area contributed by atoms with Crippen LogP contribution in [0.4, 0.5) is 4.79 Å². The van der Waals surface area contributed by atoms with E-state index in [9.17, 15) is 4.79 Å². The standard InChI is InChI=1S/C19H28N4O2/c1-13-8-16-17(9-14(13)2)23(11-20-16)12-22-7-6-15(10-22)21-18(24)25-19(3,4)5/h8-9,11,15H,6-7,10,12H2,1-5H3,(H,21,24)/t15-/m1/s1. The lowest BCUT2D eigenvalue weighted by Gasteiger charge is -2.22. The number of likely N-dealkylation sites (tertiary alicyclic amines) is 1. The molecule has 0 saturated carbocycles. The molecule has 0 bridgehead atoms. The van der Waals surface area contributed by atoms with Gasteiger partial charge < -0.3 is 14.6 Å². The van der Waals surface area contributed by atoms with Crippen LogP contribution >= 0.6 is 0 Å². The van der Waals surface area contributed by atoms with E-state index in [2.05, 4.69) is 45.7 Å². The average molecular weight is 344 g/mol. The number of ether oxygens (including phenoxy) is 1. The number of hydrogen-bond donors (Lipinski definition) is 1. The number of nitrogens with zero attached hydrogens (tertiary/aromatic N) is 3. The number of carbonyl (C=O) groups excluding carboxylic acids is 1. The molecule has 2 heterocycles. The summed E-state index contributed by atoms with van der Waals surface area (Å²) in [6, 6.07) is 4.47. The van der Waals surface area contributed by atoms with Crippen LogP contribution in [0.15, 0.2) is 18.5 Å². The van der Waals surface area contributed by atoms with Crippen LogP contribution in [0.3, 0.4) is 0 Å². The third-order valence-electron chi connectivity index (χ3n) is 4.58. The van der Waals surface area contributed by atoms with E-state index >= 15 is 0 Å². The number of benzene rings is 1. The number of alkyl carbamates (subject to hydrolysis) is 1. The molecule has 136 valence electrons. The number of aryl methyl sites for hydroxylation is 2. The van der Waals surface area contributed by atoms with Crippen molar-refractivity contribution in [3.63, 3.8) is 0 Å². The third kappa shape index (κ3) is 4.31. The summed E-state index contributed by atoms with van der Waals surface area (Å²) in [5.74, 6) is 0. The van der Waals surface area contributed by atoms with Gasteiger partial charge in [-0.3, -0.25) is 4.90 Å². The van der Waals surface area contributed by atoms with Crippen molar-refractivity contribution in [2.75, 3.05) is 13.1 Å². The lowest BCUT2D eigenvalue weighted by atomic mass is 10.1.